The monoisotopic (exact) mass is 629 g/mol. The van der Waals surface area contributed by atoms with Gasteiger partial charge in [-0.25, -0.2) is 24.8 Å². The first-order valence-corrected chi connectivity index (χ1v) is 14.8. The van der Waals surface area contributed by atoms with Crippen molar-refractivity contribution in [1.29, 1.82) is 0 Å². The summed E-state index contributed by atoms with van der Waals surface area (Å²) in [5.41, 5.74) is 17.7. The molecule has 11 nitrogen and oxygen atoms in total. The van der Waals surface area contributed by atoms with E-state index in [1.165, 1.54) is 30.9 Å². The minimum atomic E-state index is -0.536. The van der Waals surface area contributed by atoms with E-state index in [0.717, 1.165) is 32.1 Å². The van der Waals surface area contributed by atoms with Crippen molar-refractivity contribution in [2.75, 3.05) is 21.3 Å². The zero-order chi connectivity index (χ0) is 33.1. The number of carbonyl (C=O) groups excluding carboxylic acids is 4. The topological polar surface area (TPSA) is 165 Å². The number of aromatic nitrogens is 3. The molecule has 11 heteroatoms. The average Bonchev–Trinajstić information content (AvgIpc) is 3.52. The number of nitrogens with zero attached hydrogens (tertiary/aromatic N) is 5. The molecule has 4 amide bonds. The Morgan fingerprint density at radius 2 is 0.896 bits per heavy atom. The van der Waals surface area contributed by atoms with E-state index < -0.39 is 23.6 Å². The van der Waals surface area contributed by atoms with Crippen molar-refractivity contribution in [2.45, 2.75) is 0 Å². The molecular formula is C37H23N7O4. The summed E-state index contributed by atoms with van der Waals surface area (Å²) in [6.07, 6.45) is 2.56. The molecule has 0 fully saturated rings. The van der Waals surface area contributed by atoms with Crippen molar-refractivity contribution in [2.24, 2.45) is 0 Å². The van der Waals surface area contributed by atoms with Gasteiger partial charge in [0.2, 0.25) is 0 Å². The maximum absolute atomic E-state index is 13.9. The van der Waals surface area contributed by atoms with Crippen LogP contribution in [0.4, 0.5) is 22.7 Å². The number of nitrogen functional groups attached to an aromatic ring is 2. The fraction of sp³-hybridized carbons (Fsp3) is 0. The fourth-order valence-corrected chi connectivity index (χ4v) is 6.06. The van der Waals surface area contributed by atoms with Crippen molar-refractivity contribution in [1.82, 2.24) is 15.0 Å². The molecule has 1 aromatic heterocycles. The third kappa shape index (κ3) is 4.49. The molecule has 0 saturated heterocycles. The SMILES string of the molecule is Nc1ccc(-c2ccc3c(c2)C(=O)N(c2ccc(N4C(=O)c5ccc(-c6ccc(N)cc6)cc5C4=O)c(-c4ncncn4)c2)C3=O)cc1. The Balaban J connectivity index is 1.18. The predicted octanol–water partition coefficient (Wildman–Crippen LogP) is 5.64. The number of nitrogens with two attached hydrogens (primary N) is 2. The number of amides is 4. The van der Waals surface area contributed by atoms with Crippen LogP contribution in [-0.4, -0.2) is 38.6 Å². The largest absolute Gasteiger partial charge is 0.399 e. The highest BCUT2D eigenvalue weighted by molar-refractivity contribution is 6.36. The number of imide groups is 2. The van der Waals surface area contributed by atoms with Crippen LogP contribution in [0.15, 0.2) is 116 Å². The Kier molecular flexibility index (Phi) is 6.41. The summed E-state index contributed by atoms with van der Waals surface area (Å²) in [5.74, 6) is -1.95. The van der Waals surface area contributed by atoms with Crippen molar-refractivity contribution >= 4 is 46.4 Å². The van der Waals surface area contributed by atoms with E-state index in [2.05, 4.69) is 15.0 Å². The number of rotatable bonds is 5. The van der Waals surface area contributed by atoms with Gasteiger partial charge >= 0.3 is 0 Å². The van der Waals surface area contributed by atoms with Crippen LogP contribution in [0.1, 0.15) is 41.4 Å². The van der Waals surface area contributed by atoms with Crippen LogP contribution < -0.4 is 21.3 Å². The normalized spacial score (nSPS) is 13.7. The van der Waals surface area contributed by atoms with Gasteiger partial charge in [0.25, 0.3) is 23.6 Å². The zero-order valence-electron chi connectivity index (χ0n) is 25.0. The van der Waals surface area contributed by atoms with E-state index in [1.807, 2.05) is 24.3 Å². The van der Waals surface area contributed by atoms with E-state index >= 15 is 0 Å². The molecule has 230 valence electrons. The summed E-state index contributed by atoms with van der Waals surface area (Å²) < 4.78 is 0. The second-order valence-corrected chi connectivity index (χ2v) is 11.3. The van der Waals surface area contributed by atoms with E-state index in [4.69, 9.17) is 11.5 Å². The van der Waals surface area contributed by atoms with Gasteiger partial charge in [-0.3, -0.25) is 19.2 Å². The standard InChI is InChI=1S/C37H23N7O4/c38-24-7-1-20(2-8-24)22-5-12-27-29(15-22)36(47)43(34(27)45)26-11-14-32(31(17-26)33-41-18-40-19-42-33)44-35(46)28-13-6-23(16-30(28)37(44)48)21-3-9-25(39)10-4-21/h1-19H,38-39H2. The zero-order valence-corrected chi connectivity index (χ0v) is 25.0. The van der Waals surface area contributed by atoms with Crippen LogP contribution in [0.2, 0.25) is 0 Å². The fourth-order valence-electron chi connectivity index (χ4n) is 6.06. The van der Waals surface area contributed by atoms with E-state index in [-0.39, 0.29) is 45.0 Å². The molecular weight excluding hydrogens is 606 g/mol. The second kappa shape index (κ2) is 10.8. The van der Waals surface area contributed by atoms with Gasteiger partial charge in [-0.05, 0) is 89.0 Å². The Labute approximate surface area is 273 Å². The highest BCUT2D eigenvalue weighted by Gasteiger charge is 2.40. The summed E-state index contributed by atoms with van der Waals surface area (Å²) in [6, 6.07) is 29.1. The summed E-state index contributed by atoms with van der Waals surface area (Å²) in [6.45, 7) is 0. The van der Waals surface area contributed by atoms with E-state index in [0.29, 0.717) is 11.4 Å². The number of benzene rings is 5. The molecule has 5 aromatic carbocycles. The molecule has 2 aliphatic rings. The number of anilines is 4. The molecule has 0 aliphatic carbocycles. The first-order valence-electron chi connectivity index (χ1n) is 14.8. The summed E-state index contributed by atoms with van der Waals surface area (Å²) in [5, 5.41) is 0. The van der Waals surface area contributed by atoms with Crippen LogP contribution in [0.5, 0.6) is 0 Å². The molecule has 8 rings (SSSR count). The van der Waals surface area contributed by atoms with Crippen LogP contribution in [0.25, 0.3) is 33.6 Å². The number of fused-ring (bicyclic) bond motifs is 2. The molecule has 0 saturated carbocycles. The molecule has 4 N–H and O–H groups in total. The lowest BCUT2D eigenvalue weighted by Crippen LogP contribution is -2.31. The predicted molar refractivity (Wildman–Crippen MR) is 180 cm³/mol. The van der Waals surface area contributed by atoms with Gasteiger partial charge in [-0.2, -0.15) is 0 Å². The first-order chi connectivity index (χ1) is 23.3. The Morgan fingerprint density at radius 3 is 1.44 bits per heavy atom. The van der Waals surface area contributed by atoms with Gasteiger partial charge in [0.15, 0.2) is 5.82 Å². The minimum Gasteiger partial charge on any atom is -0.399 e. The third-order valence-corrected chi connectivity index (χ3v) is 8.47. The molecule has 0 spiro atoms. The molecule has 3 heterocycles. The Morgan fingerprint density at radius 1 is 0.438 bits per heavy atom. The van der Waals surface area contributed by atoms with Crippen LogP contribution in [-0.2, 0) is 0 Å². The molecule has 0 atom stereocenters. The molecule has 48 heavy (non-hydrogen) atoms. The van der Waals surface area contributed by atoms with Crippen LogP contribution in [0, 0.1) is 0 Å². The smallest absolute Gasteiger partial charge is 0.266 e. The maximum Gasteiger partial charge on any atom is 0.266 e. The second-order valence-electron chi connectivity index (χ2n) is 11.3. The van der Waals surface area contributed by atoms with Crippen LogP contribution in [0.3, 0.4) is 0 Å². The van der Waals surface area contributed by atoms with E-state index in [1.54, 1.807) is 60.7 Å². The lowest BCUT2D eigenvalue weighted by molar-refractivity contribution is 0.0909. The van der Waals surface area contributed by atoms with Gasteiger partial charge in [0, 0.05) is 16.9 Å². The average molecular weight is 630 g/mol. The molecule has 2 aliphatic heterocycles. The third-order valence-electron chi connectivity index (χ3n) is 8.47. The highest BCUT2D eigenvalue weighted by atomic mass is 16.2. The van der Waals surface area contributed by atoms with Gasteiger partial charge < -0.3 is 11.5 Å². The minimum absolute atomic E-state index is 0.142. The number of hydrogen-bond donors (Lipinski definition) is 2. The molecule has 6 aromatic rings. The molecule has 0 radical (unpaired) electrons. The van der Waals surface area contributed by atoms with Gasteiger partial charge in [-0.1, -0.05) is 36.4 Å². The summed E-state index contributed by atoms with van der Waals surface area (Å²) in [4.78, 5) is 69.6. The van der Waals surface area contributed by atoms with Crippen molar-refractivity contribution in [3.63, 3.8) is 0 Å². The number of carbonyl (C=O) groups is 4. The maximum atomic E-state index is 13.9. The number of hydrogen-bond acceptors (Lipinski definition) is 9. The van der Waals surface area contributed by atoms with E-state index in [9.17, 15) is 19.2 Å². The molecule has 0 bridgehead atoms. The van der Waals surface area contributed by atoms with Crippen molar-refractivity contribution in [3.8, 4) is 33.6 Å². The Bertz CT molecular complexity index is 2340. The van der Waals surface area contributed by atoms with Gasteiger partial charge in [-0.15, -0.1) is 0 Å². The molecule has 0 unspecified atom stereocenters. The van der Waals surface area contributed by atoms with Crippen molar-refractivity contribution in [3.05, 3.63) is 138 Å². The van der Waals surface area contributed by atoms with Gasteiger partial charge in [0.1, 0.15) is 12.7 Å². The summed E-state index contributed by atoms with van der Waals surface area (Å²) >= 11 is 0. The van der Waals surface area contributed by atoms with Gasteiger partial charge in [0.05, 0.1) is 33.6 Å². The Hall–Kier alpha value is -7.01. The lowest BCUT2D eigenvalue weighted by Gasteiger charge is -2.21. The first kappa shape index (κ1) is 28.5. The van der Waals surface area contributed by atoms with Crippen molar-refractivity contribution < 1.29 is 19.2 Å². The highest BCUT2D eigenvalue weighted by Crippen LogP contribution is 2.40. The quantitative estimate of drug-likeness (QED) is 0.181. The lowest BCUT2D eigenvalue weighted by atomic mass is 10.00. The van der Waals surface area contributed by atoms with Crippen LogP contribution >= 0.6 is 0 Å². The summed E-state index contributed by atoms with van der Waals surface area (Å²) in [7, 11) is 0.